The summed E-state index contributed by atoms with van der Waals surface area (Å²) in [5.41, 5.74) is 0. The van der Waals surface area contributed by atoms with Crippen LogP contribution in [0.15, 0.2) is 0 Å². The normalized spacial score (nSPS) is 22.2. The lowest BCUT2D eigenvalue weighted by Gasteiger charge is -2.29. The van der Waals surface area contributed by atoms with Crippen LogP contribution in [0.1, 0.15) is 13.8 Å². The zero-order valence-electron chi connectivity index (χ0n) is 10.00. The van der Waals surface area contributed by atoms with Gasteiger partial charge in [0, 0.05) is 32.8 Å². The Morgan fingerprint density at radius 1 is 1.47 bits per heavy atom. The average Bonchev–Trinajstić information content (AvgIpc) is 2.29. The van der Waals surface area contributed by atoms with Crippen molar-refractivity contribution in [3.05, 3.63) is 0 Å². The van der Waals surface area contributed by atoms with Crippen LogP contribution in [0, 0.1) is 0 Å². The van der Waals surface area contributed by atoms with Crippen molar-refractivity contribution in [2.75, 3.05) is 52.5 Å². The van der Waals surface area contributed by atoms with Crippen LogP contribution in [-0.2, 0) is 9.47 Å². The van der Waals surface area contributed by atoms with Crippen LogP contribution < -0.4 is 5.32 Å². The smallest absolute Gasteiger partial charge is 0.0826 e. The fourth-order valence-corrected chi connectivity index (χ4v) is 1.74. The van der Waals surface area contributed by atoms with Crippen LogP contribution in [-0.4, -0.2) is 63.5 Å². The van der Waals surface area contributed by atoms with Gasteiger partial charge in [0.1, 0.15) is 0 Å². The highest BCUT2D eigenvalue weighted by atomic mass is 16.5. The predicted octanol–water partition coefficient (Wildman–Crippen LogP) is 0.333. The number of morpholine rings is 1. The molecular formula is C11H24N2O2. The summed E-state index contributed by atoms with van der Waals surface area (Å²) in [7, 11) is 0. The van der Waals surface area contributed by atoms with E-state index in [0.29, 0.717) is 6.10 Å². The van der Waals surface area contributed by atoms with Crippen molar-refractivity contribution in [2.24, 2.45) is 0 Å². The number of nitrogens with one attached hydrogen (secondary N) is 1. The minimum absolute atomic E-state index is 0.348. The second kappa shape index (κ2) is 8.05. The number of hydrogen-bond acceptors (Lipinski definition) is 4. The topological polar surface area (TPSA) is 33.7 Å². The van der Waals surface area contributed by atoms with E-state index in [2.05, 4.69) is 17.1 Å². The molecule has 0 saturated carbocycles. The second-order valence-corrected chi connectivity index (χ2v) is 3.79. The van der Waals surface area contributed by atoms with E-state index in [1.165, 1.54) is 0 Å². The fourth-order valence-electron chi connectivity index (χ4n) is 1.74. The van der Waals surface area contributed by atoms with Crippen molar-refractivity contribution in [3.8, 4) is 0 Å². The average molecular weight is 216 g/mol. The molecule has 1 fully saturated rings. The maximum Gasteiger partial charge on any atom is 0.0826 e. The Kier molecular flexibility index (Phi) is 6.92. The van der Waals surface area contributed by atoms with E-state index < -0.39 is 0 Å². The molecule has 1 aliphatic heterocycles. The molecule has 4 nitrogen and oxygen atoms in total. The van der Waals surface area contributed by atoms with Gasteiger partial charge in [0.2, 0.25) is 0 Å². The fraction of sp³-hybridized carbons (Fsp3) is 1.00. The van der Waals surface area contributed by atoms with Crippen LogP contribution in [0.5, 0.6) is 0 Å². The lowest BCUT2D eigenvalue weighted by molar-refractivity contribution is 0.00116. The summed E-state index contributed by atoms with van der Waals surface area (Å²) in [6, 6.07) is 0. The predicted molar refractivity (Wildman–Crippen MR) is 61.2 cm³/mol. The Balaban J connectivity index is 2.13. The summed E-state index contributed by atoms with van der Waals surface area (Å²) < 4.78 is 11.0. The summed E-state index contributed by atoms with van der Waals surface area (Å²) in [4.78, 5) is 2.38. The van der Waals surface area contributed by atoms with Crippen LogP contribution in [0.25, 0.3) is 0 Å². The monoisotopic (exact) mass is 216 g/mol. The molecule has 0 spiro atoms. The van der Waals surface area contributed by atoms with Gasteiger partial charge in [0.25, 0.3) is 0 Å². The summed E-state index contributed by atoms with van der Waals surface area (Å²) in [5.74, 6) is 0. The first-order chi connectivity index (χ1) is 7.36. The van der Waals surface area contributed by atoms with Crippen molar-refractivity contribution in [2.45, 2.75) is 20.0 Å². The van der Waals surface area contributed by atoms with Gasteiger partial charge < -0.3 is 14.8 Å². The highest BCUT2D eigenvalue weighted by molar-refractivity contribution is 4.71. The molecule has 1 atom stereocenters. The van der Waals surface area contributed by atoms with Gasteiger partial charge in [-0.1, -0.05) is 6.92 Å². The Morgan fingerprint density at radius 2 is 2.33 bits per heavy atom. The van der Waals surface area contributed by atoms with Crippen LogP contribution in [0.3, 0.4) is 0 Å². The summed E-state index contributed by atoms with van der Waals surface area (Å²) >= 11 is 0. The number of ether oxygens (including phenoxy) is 2. The molecule has 0 bridgehead atoms. The Hall–Kier alpha value is -0.160. The van der Waals surface area contributed by atoms with Gasteiger partial charge in [-0.2, -0.15) is 0 Å². The van der Waals surface area contributed by atoms with Crippen molar-refractivity contribution in [3.63, 3.8) is 0 Å². The van der Waals surface area contributed by atoms with Crippen LogP contribution in [0.2, 0.25) is 0 Å². The van der Waals surface area contributed by atoms with Gasteiger partial charge >= 0.3 is 0 Å². The van der Waals surface area contributed by atoms with E-state index in [4.69, 9.17) is 9.47 Å². The maximum atomic E-state index is 5.67. The molecule has 0 aromatic carbocycles. The minimum Gasteiger partial charge on any atom is -0.380 e. The van der Waals surface area contributed by atoms with E-state index in [9.17, 15) is 0 Å². The molecule has 1 heterocycles. The summed E-state index contributed by atoms with van der Waals surface area (Å²) in [6.07, 6.45) is 0.348. The van der Waals surface area contributed by atoms with Crippen molar-refractivity contribution >= 4 is 0 Å². The third kappa shape index (κ3) is 5.47. The maximum absolute atomic E-state index is 5.67. The SMILES string of the molecule is CCOCCN(CC)CC1CNCCO1. The van der Waals surface area contributed by atoms with Crippen molar-refractivity contribution in [1.29, 1.82) is 0 Å². The summed E-state index contributed by atoms with van der Waals surface area (Å²) in [5, 5.41) is 3.35. The molecule has 1 saturated heterocycles. The van der Waals surface area contributed by atoms with Crippen LogP contribution >= 0.6 is 0 Å². The van der Waals surface area contributed by atoms with E-state index in [1.54, 1.807) is 0 Å². The Labute approximate surface area is 92.9 Å². The molecule has 1 N–H and O–H groups in total. The van der Waals surface area contributed by atoms with Crippen molar-refractivity contribution < 1.29 is 9.47 Å². The van der Waals surface area contributed by atoms with E-state index >= 15 is 0 Å². The van der Waals surface area contributed by atoms with E-state index in [-0.39, 0.29) is 0 Å². The highest BCUT2D eigenvalue weighted by Crippen LogP contribution is 2.00. The van der Waals surface area contributed by atoms with Gasteiger partial charge in [-0.15, -0.1) is 0 Å². The molecule has 90 valence electrons. The molecular weight excluding hydrogens is 192 g/mol. The summed E-state index contributed by atoms with van der Waals surface area (Å²) in [6.45, 7) is 11.7. The molecule has 1 aliphatic rings. The molecule has 15 heavy (non-hydrogen) atoms. The van der Waals surface area contributed by atoms with Gasteiger partial charge in [-0.3, -0.25) is 4.90 Å². The number of rotatable bonds is 7. The third-order valence-electron chi connectivity index (χ3n) is 2.67. The minimum atomic E-state index is 0.348. The van der Waals surface area contributed by atoms with Gasteiger partial charge in [-0.05, 0) is 13.5 Å². The molecule has 4 heteroatoms. The van der Waals surface area contributed by atoms with Gasteiger partial charge in [0.15, 0.2) is 0 Å². The Bertz CT molecular complexity index is 150. The zero-order chi connectivity index (χ0) is 10.9. The quantitative estimate of drug-likeness (QED) is 0.622. The molecule has 0 amide bonds. The zero-order valence-corrected chi connectivity index (χ0v) is 10.00. The first-order valence-corrected chi connectivity index (χ1v) is 5.99. The molecule has 0 radical (unpaired) electrons. The van der Waals surface area contributed by atoms with Crippen molar-refractivity contribution in [1.82, 2.24) is 10.2 Å². The first-order valence-electron chi connectivity index (χ1n) is 5.99. The molecule has 0 aromatic rings. The number of likely N-dealkylation sites (N-methyl/N-ethyl adjacent to an activating group) is 1. The Morgan fingerprint density at radius 3 is 2.93 bits per heavy atom. The molecule has 0 aromatic heterocycles. The first kappa shape index (κ1) is 12.9. The second-order valence-electron chi connectivity index (χ2n) is 3.79. The van der Waals surface area contributed by atoms with Gasteiger partial charge in [-0.25, -0.2) is 0 Å². The van der Waals surface area contributed by atoms with Crippen LogP contribution in [0.4, 0.5) is 0 Å². The lowest BCUT2D eigenvalue weighted by Crippen LogP contribution is -2.45. The van der Waals surface area contributed by atoms with E-state index in [0.717, 1.165) is 52.5 Å². The third-order valence-corrected chi connectivity index (χ3v) is 2.67. The molecule has 1 unspecified atom stereocenters. The number of hydrogen-bond donors (Lipinski definition) is 1. The van der Waals surface area contributed by atoms with Gasteiger partial charge in [0.05, 0.1) is 19.3 Å². The van der Waals surface area contributed by atoms with E-state index in [1.807, 2.05) is 6.92 Å². The largest absolute Gasteiger partial charge is 0.380 e. The number of nitrogens with zero attached hydrogens (tertiary/aromatic N) is 1. The molecule has 0 aliphatic carbocycles. The highest BCUT2D eigenvalue weighted by Gasteiger charge is 2.16. The lowest BCUT2D eigenvalue weighted by atomic mass is 10.3. The standard InChI is InChI=1S/C11H24N2O2/c1-3-13(6-8-14-4-2)10-11-9-12-5-7-15-11/h11-12H,3-10H2,1-2H3. The molecule has 1 rings (SSSR count).